The normalized spacial score (nSPS) is 18.1. The molecule has 0 spiro atoms. The summed E-state index contributed by atoms with van der Waals surface area (Å²) in [4.78, 5) is 37.5. The Labute approximate surface area is 161 Å². The van der Waals surface area contributed by atoms with Crippen LogP contribution >= 0.6 is 24.0 Å². The monoisotopic (exact) mass is 391 g/mol. The number of thiocarbonyl (C=S) groups is 1. The molecular formula is C18H19N2O4S2-. The van der Waals surface area contributed by atoms with Crippen molar-refractivity contribution in [2.45, 2.75) is 26.3 Å². The van der Waals surface area contributed by atoms with Crippen molar-refractivity contribution >= 4 is 52.2 Å². The molecule has 1 N–H and O–H groups in total. The lowest BCUT2D eigenvalue weighted by molar-refractivity contribution is -0.309. The number of benzene rings is 1. The van der Waals surface area contributed by atoms with Crippen molar-refractivity contribution in [2.24, 2.45) is 5.92 Å². The number of nitrogens with zero attached hydrogens (tertiary/aromatic N) is 1. The van der Waals surface area contributed by atoms with E-state index in [0.29, 0.717) is 11.3 Å². The summed E-state index contributed by atoms with van der Waals surface area (Å²) in [6.45, 7) is 3.21. The molecule has 0 unspecified atom stereocenters. The van der Waals surface area contributed by atoms with Gasteiger partial charge in [-0.25, -0.2) is 0 Å². The summed E-state index contributed by atoms with van der Waals surface area (Å²) < 4.78 is 0.265. The Morgan fingerprint density at radius 3 is 2.58 bits per heavy atom. The number of nitrogens with one attached hydrogen (secondary N) is 1. The highest BCUT2D eigenvalue weighted by Gasteiger charge is 2.34. The van der Waals surface area contributed by atoms with E-state index in [1.165, 1.54) is 4.90 Å². The van der Waals surface area contributed by atoms with E-state index in [4.69, 9.17) is 12.2 Å². The highest BCUT2D eigenvalue weighted by molar-refractivity contribution is 8.26. The van der Waals surface area contributed by atoms with Gasteiger partial charge in [0.2, 0.25) is 5.91 Å². The lowest BCUT2D eigenvalue weighted by Gasteiger charge is -2.26. The molecule has 8 heteroatoms. The number of carboxylic acids is 1. The summed E-state index contributed by atoms with van der Waals surface area (Å²) >= 11 is 6.30. The number of hydrogen-bond acceptors (Lipinski definition) is 6. The topological polar surface area (TPSA) is 89.5 Å². The Morgan fingerprint density at radius 2 is 2.00 bits per heavy atom. The van der Waals surface area contributed by atoms with Crippen LogP contribution in [0.2, 0.25) is 0 Å². The SMILES string of the molecule is CC[C@@H](C)[C@H](NC(=O)CN1C(=O)/C(=C/c2ccccc2)SC1=S)C(=O)[O-]. The third-order valence-electron chi connectivity index (χ3n) is 4.06. The number of carbonyl (C=O) groups excluding carboxylic acids is 3. The third kappa shape index (κ3) is 4.92. The Balaban J connectivity index is 2.06. The standard InChI is InChI=1S/C18H20N2O4S2/c1-3-11(2)15(17(23)24)19-14(21)10-20-16(22)13(26-18(20)25)9-12-7-5-4-6-8-12/h4-9,11,15H,3,10H2,1-2H3,(H,19,21)(H,23,24)/p-1/b13-9-/t11-,15+/m1/s1. The summed E-state index contributed by atoms with van der Waals surface area (Å²) in [5.41, 5.74) is 0.853. The quantitative estimate of drug-likeness (QED) is 0.554. The average molecular weight is 391 g/mol. The zero-order chi connectivity index (χ0) is 19.3. The number of amides is 2. The summed E-state index contributed by atoms with van der Waals surface area (Å²) in [6, 6.07) is 8.19. The van der Waals surface area contributed by atoms with Gasteiger partial charge >= 0.3 is 0 Å². The van der Waals surface area contributed by atoms with E-state index in [1.807, 2.05) is 37.3 Å². The molecule has 2 atom stereocenters. The predicted octanol–water partition coefficient (Wildman–Crippen LogP) is 1.17. The maximum Gasteiger partial charge on any atom is 0.266 e. The van der Waals surface area contributed by atoms with Crippen LogP contribution in [0.25, 0.3) is 6.08 Å². The van der Waals surface area contributed by atoms with Crippen LogP contribution in [0.3, 0.4) is 0 Å². The molecule has 0 bridgehead atoms. The van der Waals surface area contributed by atoms with Crippen LogP contribution in [0.5, 0.6) is 0 Å². The molecular weight excluding hydrogens is 372 g/mol. The summed E-state index contributed by atoms with van der Waals surface area (Å²) in [5.74, 6) is -2.58. The molecule has 1 fully saturated rings. The fraction of sp³-hybridized carbons (Fsp3) is 0.333. The number of aliphatic carboxylic acids is 1. The first-order valence-corrected chi connectivity index (χ1v) is 9.36. The molecule has 1 aromatic rings. The van der Waals surface area contributed by atoms with Gasteiger partial charge < -0.3 is 15.2 Å². The minimum absolute atomic E-state index is 0.265. The van der Waals surface area contributed by atoms with Crippen LogP contribution in [0.1, 0.15) is 25.8 Å². The zero-order valence-electron chi connectivity index (χ0n) is 14.4. The van der Waals surface area contributed by atoms with E-state index in [2.05, 4.69) is 5.32 Å². The second-order valence-electron chi connectivity index (χ2n) is 5.93. The fourth-order valence-corrected chi connectivity index (χ4v) is 3.62. The van der Waals surface area contributed by atoms with Crippen LogP contribution in [0.4, 0.5) is 0 Å². The number of hydrogen-bond donors (Lipinski definition) is 1. The maximum absolute atomic E-state index is 12.5. The predicted molar refractivity (Wildman–Crippen MR) is 103 cm³/mol. The first-order valence-electron chi connectivity index (χ1n) is 8.14. The van der Waals surface area contributed by atoms with Gasteiger partial charge in [0.05, 0.1) is 16.9 Å². The van der Waals surface area contributed by atoms with Gasteiger partial charge in [0.15, 0.2) is 0 Å². The lowest BCUT2D eigenvalue weighted by Crippen LogP contribution is -2.53. The minimum Gasteiger partial charge on any atom is -0.548 e. The Morgan fingerprint density at radius 1 is 1.35 bits per heavy atom. The maximum atomic E-state index is 12.5. The minimum atomic E-state index is -1.35. The van der Waals surface area contributed by atoms with Crippen LogP contribution in [-0.2, 0) is 14.4 Å². The van der Waals surface area contributed by atoms with Crippen LogP contribution in [0.15, 0.2) is 35.2 Å². The van der Waals surface area contributed by atoms with Crippen molar-refractivity contribution in [1.29, 1.82) is 0 Å². The van der Waals surface area contributed by atoms with E-state index >= 15 is 0 Å². The summed E-state index contributed by atoms with van der Waals surface area (Å²) in [5, 5.41) is 13.6. The Bertz CT molecular complexity index is 749. The van der Waals surface area contributed by atoms with Gasteiger partial charge in [-0.05, 0) is 17.6 Å². The molecule has 2 rings (SSSR count). The van der Waals surface area contributed by atoms with Gasteiger partial charge in [-0.1, -0.05) is 74.6 Å². The van der Waals surface area contributed by atoms with Crippen LogP contribution in [-0.4, -0.2) is 39.6 Å². The molecule has 1 heterocycles. The zero-order valence-corrected chi connectivity index (χ0v) is 16.1. The van der Waals surface area contributed by atoms with Gasteiger partial charge in [-0.2, -0.15) is 0 Å². The second-order valence-corrected chi connectivity index (χ2v) is 7.60. The molecule has 26 heavy (non-hydrogen) atoms. The molecule has 1 aliphatic rings. The highest BCUT2D eigenvalue weighted by Crippen LogP contribution is 2.32. The van der Waals surface area contributed by atoms with Crippen LogP contribution < -0.4 is 10.4 Å². The molecule has 0 aromatic heterocycles. The largest absolute Gasteiger partial charge is 0.548 e. The fourth-order valence-electron chi connectivity index (χ4n) is 2.37. The van der Waals surface area contributed by atoms with Crippen molar-refractivity contribution in [3.05, 3.63) is 40.8 Å². The Hall–Kier alpha value is -2.19. The summed E-state index contributed by atoms with van der Waals surface area (Å²) in [6.07, 6.45) is 2.28. The molecule has 2 amide bonds. The van der Waals surface area contributed by atoms with Crippen molar-refractivity contribution in [1.82, 2.24) is 10.2 Å². The lowest BCUT2D eigenvalue weighted by atomic mass is 9.99. The molecule has 0 radical (unpaired) electrons. The average Bonchev–Trinajstić information content (AvgIpc) is 2.87. The van der Waals surface area contributed by atoms with Gasteiger partial charge in [0.25, 0.3) is 5.91 Å². The van der Waals surface area contributed by atoms with E-state index < -0.39 is 17.9 Å². The Kier molecular flexibility index (Phi) is 6.93. The first-order chi connectivity index (χ1) is 12.3. The number of carboxylic acid groups (broad SMARTS) is 1. The molecule has 1 aliphatic heterocycles. The smallest absolute Gasteiger partial charge is 0.266 e. The van der Waals surface area contributed by atoms with Crippen molar-refractivity contribution in [3.63, 3.8) is 0 Å². The van der Waals surface area contributed by atoms with Crippen molar-refractivity contribution in [3.8, 4) is 0 Å². The molecule has 138 valence electrons. The second kappa shape index (κ2) is 8.95. The van der Waals surface area contributed by atoms with Crippen LogP contribution in [0, 0.1) is 5.92 Å². The van der Waals surface area contributed by atoms with E-state index in [-0.39, 0.29) is 22.7 Å². The van der Waals surface area contributed by atoms with Crippen molar-refractivity contribution in [2.75, 3.05) is 6.54 Å². The van der Waals surface area contributed by atoms with Gasteiger partial charge in [-0.15, -0.1) is 0 Å². The highest BCUT2D eigenvalue weighted by atomic mass is 32.2. The summed E-state index contributed by atoms with van der Waals surface area (Å²) in [7, 11) is 0. The van der Waals surface area contributed by atoms with Gasteiger partial charge in [0, 0.05) is 0 Å². The number of carbonyl (C=O) groups is 3. The molecule has 1 aromatic carbocycles. The van der Waals surface area contributed by atoms with E-state index in [0.717, 1.165) is 17.3 Å². The number of rotatable bonds is 7. The molecule has 6 nitrogen and oxygen atoms in total. The third-order valence-corrected chi connectivity index (χ3v) is 5.43. The van der Waals surface area contributed by atoms with E-state index in [9.17, 15) is 19.5 Å². The molecule has 0 aliphatic carbocycles. The van der Waals surface area contributed by atoms with Crippen molar-refractivity contribution < 1.29 is 19.5 Å². The van der Waals surface area contributed by atoms with Gasteiger partial charge in [0.1, 0.15) is 10.9 Å². The molecule has 0 saturated carbocycles. The van der Waals surface area contributed by atoms with Gasteiger partial charge in [-0.3, -0.25) is 14.5 Å². The van der Waals surface area contributed by atoms with E-state index in [1.54, 1.807) is 13.0 Å². The molecule has 1 saturated heterocycles. The first kappa shape index (κ1) is 20.1. The number of thioether (sulfide) groups is 1.